The van der Waals surface area contributed by atoms with Crippen molar-refractivity contribution in [1.82, 2.24) is 14.2 Å². The minimum atomic E-state index is -1.82. The molecular formula is C19H23Br2N3OSi. The third kappa shape index (κ3) is 3.25. The van der Waals surface area contributed by atoms with Gasteiger partial charge < -0.3 is 8.97 Å². The zero-order valence-electron chi connectivity index (χ0n) is 15.9. The fraction of sp³-hybridized carbons (Fsp3) is 0.368. The summed E-state index contributed by atoms with van der Waals surface area (Å²) in [4.78, 5) is 9.04. The number of nitrogens with zero attached hydrogens (tertiary/aromatic N) is 3. The van der Waals surface area contributed by atoms with Crippen LogP contribution in [0.25, 0.3) is 22.2 Å². The van der Waals surface area contributed by atoms with Crippen LogP contribution in [-0.4, -0.2) is 29.5 Å². The van der Waals surface area contributed by atoms with Crippen LogP contribution in [0.4, 0.5) is 0 Å². The lowest BCUT2D eigenvalue weighted by molar-refractivity contribution is 0.397. The van der Waals surface area contributed by atoms with Crippen LogP contribution in [0.3, 0.4) is 0 Å². The third-order valence-electron chi connectivity index (χ3n) is 5.36. The Kier molecular flexibility index (Phi) is 5.09. The third-order valence-corrected chi connectivity index (χ3v) is 11.5. The Morgan fingerprint density at radius 2 is 1.85 bits per heavy atom. The number of fused-ring (bicyclic) bond motifs is 1. The van der Waals surface area contributed by atoms with Crippen LogP contribution in [0.5, 0.6) is 5.88 Å². The largest absolute Gasteiger partial charge is 0.479 e. The van der Waals surface area contributed by atoms with Gasteiger partial charge in [0, 0.05) is 27.1 Å². The molecule has 1 aromatic carbocycles. The number of hydrogen-bond donors (Lipinski definition) is 0. The summed E-state index contributed by atoms with van der Waals surface area (Å²) < 4.78 is 9.72. The molecule has 0 N–H and O–H groups in total. The Morgan fingerprint density at radius 1 is 1.15 bits per heavy atom. The maximum Gasteiger partial charge on any atom is 0.241 e. The van der Waals surface area contributed by atoms with Crippen LogP contribution < -0.4 is 4.74 Å². The van der Waals surface area contributed by atoms with E-state index in [0.29, 0.717) is 10.5 Å². The molecule has 0 fully saturated rings. The first-order valence-corrected chi connectivity index (χ1v) is 13.0. The molecule has 0 saturated heterocycles. The first kappa shape index (κ1) is 19.6. The van der Waals surface area contributed by atoms with E-state index in [1.165, 1.54) is 5.52 Å². The number of rotatable bonds is 3. The molecule has 0 amide bonds. The summed E-state index contributed by atoms with van der Waals surface area (Å²) in [5.41, 5.74) is 3.03. The second-order valence-corrected chi connectivity index (χ2v) is 14.8. The van der Waals surface area contributed by atoms with Gasteiger partial charge in [-0.05, 0) is 33.1 Å². The average Bonchev–Trinajstić information content (AvgIpc) is 2.92. The van der Waals surface area contributed by atoms with Crippen molar-refractivity contribution < 1.29 is 4.74 Å². The average molecular weight is 497 g/mol. The highest BCUT2D eigenvalue weighted by Gasteiger charge is 2.39. The van der Waals surface area contributed by atoms with Crippen molar-refractivity contribution in [1.29, 1.82) is 0 Å². The number of aromatic nitrogens is 3. The van der Waals surface area contributed by atoms with Gasteiger partial charge in [0.25, 0.3) is 0 Å². The van der Waals surface area contributed by atoms with Crippen LogP contribution in [0.15, 0.2) is 39.7 Å². The molecule has 3 rings (SSSR count). The molecule has 0 unspecified atom stereocenters. The van der Waals surface area contributed by atoms with E-state index in [2.05, 4.69) is 104 Å². The molecule has 2 heterocycles. The van der Waals surface area contributed by atoms with Gasteiger partial charge in [-0.3, -0.25) is 0 Å². The van der Waals surface area contributed by atoms with E-state index in [9.17, 15) is 0 Å². The Balaban J connectivity index is 2.36. The van der Waals surface area contributed by atoms with Crippen molar-refractivity contribution in [3.8, 4) is 17.1 Å². The molecule has 0 bridgehead atoms. The Bertz CT molecular complexity index is 977. The Hall–Kier alpha value is -1.18. The highest BCUT2D eigenvalue weighted by atomic mass is 79.9. The van der Waals surface area contributed by atoms with Crippen LogP contribution in [0.2, 0.25) is 18.1 Å². The van der Waals surface area contributed by atoms with Crippen LogP contribution in [0.1, 0.15) is 20.8 Å². The number of ether oxygens (including phenoxy) is 1. The van der Waals surface area contributed by atoms with Gasteiger partial charge in [-0.25, -0.2) is 9.97 Å². The van der Waals surface area contributed by atoms with Crippen LogP contribution in [-0.2, 0) is 0 Å². The molecule has 0 aliphatic carbocycles. The van der Waals surface area contributed by atoms with Crippen molar-refractivity contribution in [2.45, 2.75) is 38.9 Å². The van der Waals surface area contributed by atoms with E-state index in [1.54, 1.807) is 13.3 Å². The van der Waals surface area contributed by atoms with Gasteiger partial charge in [-0.15, -0.1) is 0 Å². The van der Waals surface area contributed by atoms with Gasteiger partial charge in [0.1, 0.15) is 10.3 Å². The topological polar surface area (TPSA) is 39.9 Å². The van der Waals surface area contributed by atoms with Gasteiger partial charge >= 0.3 is 0 Å². The summed E-state index contributed by atoms with van der Waals surface area (Å²) in [7, 11) is -0.193. The Labute approximate surface area is 172 Å². The number of methoxy groups -OCH3 is 1. The van der Waals surface area contributed by atoms with Gasteiger partial charge in [-0.1, -0.05) is 55.9 Å². The molecule has 0 atom stereocenters. The van der Waals surface area contributed by atoms with E-state index in [1.807, 2.05) is 0 Å². The quantitative estimate of drug-likeness (QED) is 0.389. The standard InChI is InChI=1S/C19H23Br2N3OSi/c1-19(2,3)26(5,6)24-11-14(13-8-7-12(20)9-15(13)24)17-18(25-4)23-16(21)10-22-17/h7-11H,1-6H3. The second-order valence-electron chi connectivity index (χ2n) is 7.93. The number of hydrogen-bond acceptors (Lipinski definition) is 3. The maximum absolute atomic E-state index is 5.50. The second kappa shape index (κ2) is 6.76. The monoisotopic (exact) mass is 495 g/mol. The van der Waals surface area contributed by atoms with E-state index in [0.717, 1.165) is 21.1 Å². The molecule has 26 heavy (non-hydrogen) atoms. The number of halogens is 2. The fourth-order valence-corrected chi connectivity index (χ4v) is 5.47. The smallest absolute Gasteiger partial charge is 0.241 e. The predicted molar refractivity (Wildman–Crippen MR) is 118 cm³/mol. The molecular weight excluding hydrogens is 474 g/mol. The highest BCUT2D eigenvalue weighted by molar-refractivity contribution is 9.10. The Morgan fingerprint density at radius 3 is 2.46 bits per heavy atom. The van der Waals surface area contributed by atoms with Crippen molar-refractivity contribution in [2.75, 3.05) is 7.11 Å². The van der Waals surface area contributed by atoms with Gasteiger partial charge in [0.15, 0.2) is 8.24 Å². The van der Waals surface area contributed by atoms with E-state index >= 15 is 0 Å². The molecule has 2 aromatic heterocycles. The van der Waals surface area contributed by atoms with E-state index in [-0.39, 0.29) is 5.04 Å². The van der Waals surface area contributed by atoms with Gasteiger partial charge in [0.2, 0.25) is 5.88 Å². The van der Waals surface area contributed by atoms with Crippen molar-refractivity contribution in [3.05, 3.63) is 39.7 Å². The van der Waals surface area contributed by atoms with Gasteiger partial charge in [-0.2, -0.15) is 0 Å². The van der Waals surface area contributed by atoms with Crippen molar-refractivity contribution in [3.63, 3.8) is 0 Å². The normalized spacial score (nSPS) is 12.6. The zero-order valence-corrected chi connectivity index (χ0v) is 20.1. The maximum atomic E-state index is 5.50. The minimum Gasteiger partial charge on any atom is -0.479 e. The summed E-state index contributed by atoms with van der Waals surface area (Å²) >= 11 is 7.00. The molecule has 0 spiro atoms. The van der Waals surface area contributed by atoms with Crippen LogP contribution in [0, 0.1) is 0 Å². The minimum absolute atomic E-state index is 0.202. The molecule has 0 aliphatic rings. The van der Waals surface area contributed by atoms with E-state index in [4.69, 9.17) is 4.74 Å². The predicted octanol–water partition coefficient (Wildman–Crippen LogP) is 6.49. The summed E-state index contributed by atoms with van der Waals surface area (Å²) in [5.74, 6) is 0.525. The molecule has 0 radical (unpaired) electrons. The molecule has 138 valence electrons. The van der Waals surface area contributed by atoms with Crippen LogP contribution >= 0.6 is 31.9 Å². The molecule has 7 heteroatoms. The SMILES string of the molecule is COc1nc(Br)cnc1-c1cn([Si](C)(C)C(C)(C)C)c2cc(Br)ccc12. The zero-order chi connectivity index (χ0) is 19.3. The molecule has 4 nitrogen and oxygen atoms in total. The van der Waals surface area contributed by atoms with Gasteiger partial charge in [0.05, 0.1) is 13.3 Å². The molecule has 0 saturated carbocycles. The highest BCUT2D eigenvalue weighted by Crippen LogP contribution is 2.42. The summed E-state index contributed by atoms with van der Waals surface area (Å²) in [5, 5.41) is 1.36. The number of benzene rings is 1. The lowest BCUT2D eigenvalue weighted by atomic mass is 10.1. The lowest BCUT2D eigenvalue weighted by Crippen LogP contribution is -2.44. The summed E-state index contributed by atoms with van der Waals surface area (Å²) in [6.45, 7) is 11.8. The van der Waals surface area contributed by atoms with Crippen molar-refractivity contribution in [2.24, 2.45) is 0 Å². The molecule has 3 aromatic rings. The van der Waals surface area contributed by atoms with Crippen molar-refractivity contribution >= 4 is 51.0 Å². The molecule has 0 aliphatic heterocycles. The summed E-state index contributed by atoms with van der Waals surface area (Å²) in [6.07, 6.45) is 3.95. The first-order valence-electron chi connectivity index (χ1n) is 8.44. The lowest BCUT2D eigenvalue weighted by Gasteiger charge is -2.38. The first-order chi connectivity index (χ1) is 12.1. The fourth-order valence-electron chi connectivity index (χ4n) is 2.89. The summed E-state index contributed by atoms with van der Waals surface area (Å²) in [6, 6.07) is 6.40. The van der Waals surface area contributed by atoms with E-state index < -0.39 is 8.24 Å².